The fourth-order valence-electron chi connectivity index (χ4n) is 4.98. The lowest BCUT2D eigenvalue weighted by molar-refractivity contribution is 0.150. The molecule has 3 heterocycles. The van der Waals surface area contributed by atoms with Crippen molar-refractivity contribution in [2.24, 2.45) is 10.9 Å². The molecule has 1 N–H and O–H groups in total. The monoisotopic (exact) mass is 407 g/mol. The Morgan fingerprint density at radius 3 is 2.80 bits per heavy atom. The second kappa shape index (κ2) is 9.13. The van der Waals surface area contributed by atoms with Crippen molar-refractivity contribution in [1.82, 2.24) is 20.1 Å². The molecule has 2 aliphatic rings. The highest BCUT2D eigenvalue weighted by molar-refractivity contribution is 5.99. The number of nitrogens with one attached hydrogen (secondary N) is 1. The van der Waals surface area contributed by atoms with Crippen LogP contribution in [0.3, 0.4) is 0 Å². The van der Waals surface area contributed by atoms with Crippen LogP contribution >= 0.6 is 0 Å². The highest BCUT2D eigenvalue weighted by Crippen LogP contribution is 2.34. The maximum absolute atomic E-state index is 13.0. The summed E-state index contributed by atoms with van der Waals surface area (Å²) < 4.78 is 0. The Morgan fingerprint density at radius 1 is 1.23 bits per heavy atom. The van der Waals surface area contributed by atoms with Crippen LogP contribution in [0.4, 0.5) is 4.79 Å². The van der Waals surface area contributed by atoms with Gasteiger partial charge in [-0.15, -0.1) is 0 Å². The molecule has 1 aromatic carbocycles. The molecule has 0 bridgehead atoms. The van der Waals surface area contributed by atoms with Crippen LogP contribution in [0, 0.1) is 5.92 Å². The maximum atomic E-state index is 13.0. The third-order valence-electron chi connectivity index (χ3n) is 6.54. The van der Waals surface area contributed by atoms with Crippen LogP contribution in [0.25, 0.3) is 10.9 Å². The molecule has 4 rings (SSSR count). The molecule has 1 aromatic heterocycles. The average Bonchev–Trinajstić information content (AvgIpc) is 2.75. The number of amides is 2. The van der Waals surface area contributed by atoms with E-state index >= 15 is 0 Å². The molecule has 6 heteroatoms. The summed E-state index contributed by atoms with van der Waals surface area (Å²) in [5.41, 5.74) is 3.31. The van der Waals surface area contributed by atoms with Crippen molar-refractivity contribution in [3.8, 4) is 0 Å². The Bertz CT molecular complexity index is 919. The van der Waals surface area contributed by atoms with Crippen LogP contribution in [0.2, 0.25) is 0 Å². The van der Waals surface area contributed by atoms with Gasteiger partial charge in [-0.1, -0.05) is 25.1 Å². The lowest BCUT2D eigenvalue weighted by Gasteiger charge is -2.38. The summed E-state index contributed by atoms with van der Waals surface area (Å²) in [5, 5.41) is 4.47. The normalized spacial score (nSPS) is 23.9. The zero-order valence-electron chi connectivity index (χ0n) is 18.3. The van der Waals surface area contributed by atoms with E-state index in [1.165, 1.54) is 10.9 Å². The fraction of sp³-hybridized carbons (Fsp3) is 0.542. The molecule has 0 saturated carbocycles. The van der Waals surface area contributed by atoms with Crippen molar-refractivity contribution in [2.45, 2.75) is 38.1 Å². The number of urea groups is 1. The van der Waals surface area contributed by atoms with E-state index < -0.39 is 0 Å². The van der Waals surface area contributed by atoms with E-state index in [9.17, 15) is 4.79 Å². The van der Waals surface area contributed by atoms with E-state index in [-0.39, 0.29) is 6.03 Å². The number of aromatic nitrogens is 1. The number of nitrogens with zero attached hydrogens (tertiary/aromatic N) is 4. The Labute approximate surface area is 179 Å². The van der Waals surface area contributed by atoms with Crippen molar-refractivity contribution >= 4 is 23.1 Å². The predicted octanol–water partition coefficient (Wildman–Crippen LogP) is 3.51. The molecule has 2 aromatic rings. The highest BCUT2D eigenvalue weighted by Gasteiger charge is 2.31. The van der Waals surface area contributed by atoms with Crippen molar-refractivity contribution in [2.75, 3.05) is 40.3 Å². The van der Waals surface area contributed by atoms with E-state index in [4.69, 9.17) is 0 Å². The van der Waals surface area contributed by atoms with Gasteiger partial charge in [0.05, 0.1) is 5.52 Å². The number of benzene rings is 1. The third-order valence-corrected chi connectivity index (χ3v) is 6.54. The number of carbonyl (C=O) groups is 1. The molecular weight excluding hydrogens is 374 g/mol. The average molecular weight is 408 g/mol. The number of hydrogen-bond donors (Lipinski definition) is 1. The fourth-order valence-corrected chi connectivity index (χ4v) is 4.98. The number of pyridine rings is 1. The van der Waals surface area contributed by atoms with E-state index in [1.807, 2.05) is 23.4 Å². The third kappa shape index (κ3) is 4.48. The molecule has 2 saturated heterocycles. The molecule has 2 unspecified atom stereocenters. The van der Waals surface area contributed by atoms with Crippen LogP contribution in [0.15, 0.2) is 35.5 Å². The molecule has 2 aliphatic heterocycles. The lowest BCUT2D eigenvalue weighted by Crippen LogP contribution is -2.52. The Balaban J connectivity index is 1.54. The number of piperidine rings is 2. The molecule has 2 fully saturated rings. The molecule has 0 aliphatic carbocycles. The second-order valence-corrected chi connectivity index (χ2v) is 9.00. The quantitative estimate of drug-likeness (QED) is 0.792. The Hall–Kier alpha value is -2.47. The first-order valence-electron chi connectivity index (χ1n) is 11.1. The zero-order valence-corrected chi connectivity index (χ0v) is 18.3. The zero-order chi connectivity index (χ0) is 21.1. The van der Waals surface area contributed by atoms with Gasteiger partial charge in [0.2, 0.25) is 0 Å². The number of likely N-dealkylation sites (tertiary alicyclic amines) is 2. The predicted molar refractivity (Wildman–Crippen MR) is 122 cm³/mol. The first kappa shape index (κ1) is 20.8. The standard InChI is InChI=1S/C24H33N5O/c1-17-13-19(16-29(15-17)24(30)27-20-8-11-28(3)12-9-20)21-7-6-18(14-25-2)23-22(21)5-4-10-26-23/h4-7,10,14,17,19-20H,8-9,11-13,15-16H2,1-3H3,(H,27,30)/b25-14+. The number of fused-ring (bicyclic) bond motifs is 1. The van der Waals surface area contributed by atoms with E-state index in [2.05, 4.69) is 52.4 Å². The molecular formula is C24H33N5O. The summed E-state index contributed by atoms with van der Waals surface area (Å²) in [7, 11) is 3.93. The van der Waals surface area contributed by atoms with Gasteiger partial charge >= 0.3 is 6.03 Å². The lowest BCUT2D eigenvalue weighted by atomic mass is 9.83. The van der Waals surface area contributed by atoms with Crippen LogP contribution < -0.4 is 5.32 Å². The van der Waals surface area contributed by atoms with Crippen LogP contribution in [0.1, 0.15) is 43.2 Å². The number of hydrogen-bond acceptors (Lipinski definition) is 4. The Morgan fingerprint density at radius 2 is 2.03 bits per heavy atom. The van der Waals surface area contributed by atoms with Gasteiger partial charge < -0.3 is 15.1 Å². The largest absolute Gasteiger partial charge is 0.335 e. The smallest absolute Gasteiger partial charge is 0.317 e. The van der Waals surface area contributed by atoms with Gasteiger partial charge in [-0.2, -0.15) is 0 Å². The van der Waals surface area contributed by atoms with Crippen LogP contribution in [-0.4, -0.2) is 73.3 Å². The van der Waals surface area contributed by atoms with Crippen molar-refractivity contribution in [3.05, 3.63) is 41.6 Å². The number of aliphatic imine (C=N–C) groups is 1. The van der Waals surface area contributed by atoms with Gasteiger partial charge in [-0.05, 0) is 56.9 Å². The van der Waals surface area contributed by atoms with Gasteiger partial charge in [0.25, 0.3) is 0 Å². The van der Waals surface area contributed by atoms with Gasteiger partial charge in [-0.3, -0.25) is 9.98 Å². The summed E-state index contributed by atoms with van der Waals surface area (Å²) >= 11 is 0. The second-order valence-electron chi connectivity index (χ2n) is 9.00. The Kier molecular flexibility index (Phi) is 6.32. The maximum Gasteiger partial charge on any atom is 0.317 e. The molecule has 6 nitrogen and oxygen atoms in total. The van der Waals surface area contributed by atoms with Gasteiger partial charge in [0.15, 0.2) is 0 Å². The minimum Gasteiger partial charge on any atom is -0.335 e. The van der Waals surface area contributed by atoms with E-state index in [0.717, 1.165) is 56.5 Å². The first-order valence-corrected chi connectivity index (χ1v) is 11.1. The highest BCUT2D eigenvalue weighted by atomic mass is 16.2. The minimum absolute atomic E-state index is 0.0956. The summed E-state index contributed by atoms with van der Waals surface area (Å²) in [6.45, 7) is 5.94. The molecule has 30 heavy (non-hydrogen) atoms. The summed E-state index contributed by atoms with van der Waals surface area (Å²) in [6, 6.07) is 8.85. The van der Waals surface area contributed by atoms with E-state index in [0.29, 0.717) is 17.9 Å². The van der Waals surface area contributed by atoms with Gasteiger partial charge in [0.1, 0.15) is 0 Å². The topological polar surface area (TPSA) is 60.8 Å². The summed E-state index contributed by atoms with van der Waals surface area (Å²) in [4.78, 5) is 26.2. The molecule has 2 amide bonds. The number of rotatable bonds is 3. The summed E-state index contributed by atoms with van der Waals surface area (Å²) in [6.07, 6.45) is 6.86. The van der Waals surface area contributed by atoms with Crippen LogP contribution in [-0.2, 0) is 0 Å². The van der Waals surface area contributed by atoms with Gasteiger partial charge in [-0.25, -0.2) is 4.79 Å². The number of carbonyl (C=O) groups excluding carboxylic acids is 1. The van der Waals surface area contributed by atoms with E-state index in [1.54, 1.807) is 7.05 Å². The molecule has 160 valence electrons. The molecule has 0 spiro atoms. The molecule has 0 radical (unpaired) electrons. The SMILES string of the molecule is C/N=C/c1ccc(C2CC(C)CN(C(=O)NC3CCN(C)CC3)C2)c2cccnc12. The van der Waals surface area contributed by atoms with Crippen LogP contribution in [0.5, 0.6) is 0 Å². The molecule has 2 atom stereocenters. The van der Waals surface area contributed by atoms with Crippen molar-refractivity contribution < 1.29 is 4.79 Å². The summed E-state index contributed by atoms with van der Waals surface area (Å²) in [5.74, 6) is 0.784. The van der Waals surface area contributed by atoms with Gasteiger partial charge in [0, 0.05) is 55.5 Å². The minimum atomic E-state index is 0.0956. The van der Waals surface area contributed by atoms with Crippen molar-refractivity contribution in [3.63, 3.8) is 0 Å². The first-order chi connectivity index (χ1) is 14.5. The van der Waals surface area contributed by atoms with Crippen molar-refractivity contribution in [1.29, 1.82) is 0 Å².